The van der Waals surface area contributed by atoms with Crippen LogP contribution in [0.2, 0.25) is 0 Å². The molecule has 3 nitrogen and oxygen atoms in total. The number of hydrogen-bond donors (Lipinski definition) is 1. The van der Waals surface area contributed by atoms with E-state index in [9.17, 15) is 0 Å². The van der Waals surface area contributed by atoms with Crippen molar-refractivity contribution >= 4 is 53.9 Å². The van der Waals surface area contributed by atoms with E-state index in [4.69, 9.17) is 4.84 Å². The van der Waals surface area contributed by atoms with Crippen LogP contribution < -0.4 is 5.43 Å². The molecular weight excluding hydrogens is 452 g/mol. The summed E-state index contributed by atoms with van der Waals surface area (Å²) >= 11 is 10.3. The number of rotatable bonds is 4. The predicted molar refractivity (Wildman–Crippen MR) is 92.9 cm³/mol. The molecule has 0 bridgehead atoms. The number of hydrazine groups is 1. The Labute approximate surface area is 143 Å². The second kappa shape index (κ2) is 6.83. The van der Waals surface area contributed by atoms with Crippen LogP contribution in [0.5, 0.6) is 0 Å². The van der Waals surface area contributed by atoms with Gasteiger partial charge in [-0.3, -0.25) is 5.43 Å². The van der Waals surface area contributed by atoms with Crippen LogP contribution >= 0.6 is 47.8 Å². The number of benzene rings is 1. The van der Waals surface area contributed by atoms with Crippen molar-refractivity contribution in [2.75, 3.05) is 0 Å². The van der Waals surface area contributed by atoms with Gasteiger partial charge in [-0.1, -0.05) is 84.2 Å². The average molecular weight is 465 g/mol. The van der Waals surface area contributed by atoms with Crippen molar-refractivity contribution < 1.29 is 4.84 Å². The van der Waals surface area contributed by atoms with Gasteiger partial charge < -0.3 is 4.84 Å². The van der Waals surface area contributed by atoms with Gasteiger partial charge in [0.15, 0.2) is 7.90 Å². The van der Waals surface area contributed by atoms with Crippen molar-refractivity contribution in [3.05, 3.63) is 66.2 Å². The Morgan fingerprint density at radius 1 is 1.30 bits per heavy atom. The standard InChI is InChI=1S/C14H13Br3N2O/c1-2-6-12(9-11-7-4-3-5-8-11)19-18-10-13(20-19)14(15,16)17/h2-5,7-10,18H,1,6H2. The van der Waals surface area contributed by atoms with Crippen LogP contribution in [0, 0.1) is 0 Å². The van der Waals surface area contributed by atoms with E-state index in [1.165, 1.54) is 0 Å². The van der Waals surface area contributed by atoms with Crippen LogP contribution in [-0.4, -0.2) is 7.32 Å². The first-order valence-corrected chi connectivity index (χ1v) is 8.27. The van der Waals surface area contributed by atoms with Gasteiger partial charge in [0.2, 0.25) is 0 Å². The number of hydrogen-bond acceptors (Lipinski definition) is 3. The molecule has 0 spiro atoms. The Balaban J connectivity index is 2.16. The van der Waals surface area contributed by atoms with E-state index in [0.717, 1.165) is 11.3 Å². The van der Waals surface area contributed by atoms with Crippen LogP contribution in [0.25, 0.3) is 6.08 Å². The Hall–Kier alpha value is -0.720. The van der Waals surface area contributed by atoms with Gasteiger partial charge in [0.25, 0.3) is 0 Å². The quantitative estimate of drug-likeness (QED) is 0.499. The molecule has 0 saturated heterocycles. The maximum atomic E-state index is 5.74. The van der Waals surface area contributed by atoms with Gasteiger partial charge in [0.1, 0.15) is 0 Å². The summed E-state index contributed by atoms with van der Waals surface area (Å²) in [5.74, 6) is 0.667. The number of nitrogens with zero attached hydrogens (tertiary/aromatic N) is 1. The molecule has 6 heteroatoms. The number of hydroxylamine groups is 1. The van der Waals surface area contributed by atoms with E-state index in [1.54, 1.807) is 11.4 Å². The zero-order valence-corrected chi connectivity index (χ0v) is 15.3. The van der Waals surface area contributed by atoms with E-state index < -0.39 is 2.14 Å². The molecule has 1 aliphatic heterocycles. The molecule has 0 unspecified atom stereocenters. The Bertz CT molecular complexity index is 535. The van der Waals surface area contributed by atoms with Gasteiger partial charge in [0, 0.05) is 6.42 Å². The largest absolute Gasteiger partial charge is 0.359 e. The molecule has 0 radical (unpaired) electrons. The van der Waals surface area contributed by atoms with E-state index >= 15 is 0 Å². The monoisotopic (exact) mass is 462 g/mol. The lowest BCUT2D eigenvalue weighted by atomic mass is 10.1. The minimum absolute atomic E-state index is 0.583. The lowest BCUT2D eigenvalue weighted by Gasteiger charge is -2.22. The average Bonchev–Trinajstić information content (AvgIpc) is 2.89. The van der Waals surface area contributed by atoms with Gasteiger partial charge in [-0.25, -0.2) is 0 Å². The molecule has 106 valence electrons. The van der Waals surface area contributed by atoms with Crippen molar-refractivity contribution in [2.24, 2.45) is 0 Å². The summed E-state index contributed by atoms with van der Waals surface area (Å²) < 4.78 is -0.583. The SMILES string of the molecule is C=CCC(=Cc1ccccc1)N1NC=C(C(Br)(Br)Br)O1. The number of allylic oxidation sites excluding steroid dienone is 2. The zero-order valence-electron chi connectivity index (χ0n) is 10.5. The summed E-state index contributed by atoms with van der Waals surface area (Å²) in [5.41, 5.74) is 5.12. The number of nitrogens with one attached hydrogen (secondary N) is 1. The van der Waals surface area contributed by atoms with E-state index in [-0.39, 0.29) is 0 Å². The molecule has 1 heterocycles. The lowest BCUT2D eigenvalue weighted by molar-refractivity contribution is -0.0935. The summed E-state index contributed by atoms with van der Waals surface area (Å²) in [6.07, 6.45) is 6.33. The zero-order chi connectivity index (χ0) is 14.6. The smallest absolute Gasteiger partial charge is 0.196 e. The van der Waals surface area contributed by atoms with E-state index in [0.29, 0.717) is 12.2 Å². The molecular formula is C14H13Br3N2O. The number of alkyl halides is 3. The Morgan fingerprint density at radius 3 is 2.55 bits per heavy atom. The summed E-state index contributed by atoms with van der Waals surface area (Å²) in [7, 11) is 0. The van der Waals surface area contributed by atoms with Gasteiger partial charge in [-0.2, -0.15) is 0 Å². The van der Waals surface area contributed by atoms with Gasteiger partial charge in [-0.05, 0) is 11.6 Å². The Kier molecular flexibility index (Phi) is 5.35. The lowest BCUT2D eigenvalue weighted by Crippen LogP contribution is -2.28. The van der Waals surface area contributed by atoms with Crippen molar-refractivity contribution in [2.45, 2.75) is 8.56 Å². The van der Waals surface area contributed by atoms with Crippen LogP contribution in [0.1, 0.15) is 12.0 Å². The maximum Gasteiger partial charge on any atom is 0.196 e. The second-order valence-corrected chi connectivity index (χ2v) is 10.8. The van der Waals surface area contributed by atoms with Gasteiger partial charge in [0.05, 0.1) is 11.9 Å². The molecule has 1 aromatic rings. The first-order valence-electron chi connectivity index (χ1n) is 5.89. The first-order chi connectivity index (χ1) is 9.50. The molecule has 1 N–H and O–H groups in total. The molecule has 1 aliphatic rings. The normalized spacial score (nSPS) is 15.4. The summed E-state index contributed by atoms with van der Waals surface area (Å²) in [4.78, 5) is 5.74. The van der Waals surface area contributed by atoms with E-state index in [2.05, 4.69) is 59.8 Å². The molecule has 0 fully saturated rings. The minimum atomic E-state index is -0.583. The van der Waals surface area contributed by atoms with Crippen molar-refractivity contribution in [1.29, 1.82) is 0 Å². The highest BCUT2D eigenvalue weighted by Crippen LogP contribution is 2.43. The maximum absolute atomic E-state index is 5.74. The van der Waals surface area contributed by atoms with Crippen molar-refractivity contribution in [3.8, 4) is 0 Å². The van der Waals surface area contributed by atoms with Crippen LogP contribution in [0.4, 0.5) is 0 Å². The first kappa shape index (κ1) is 15.7. The highest BCUT2D eigenvalue weighted by molar-refractivity contribution is 9.39. The molecule has 0 saturated carbocycles. The van der Waals surface area contributed by atoms with Crippen molar-refractivity contribution in [1.82, 2.24) is 10.6 Å². The summed E-state index contributed by atoms with van der Waals surface area (Å²) in [6.45, 7) is 3.79. The number of halogens is 3. The highest BCUT2D eigenvalue weighted by Gasteiger charge is 2.32. The fourth-order valence-corrected chi connectivity index (χ4v) is 2.19. The third-order valence-corrected chi connectivity index (χ3v) is 3.70. The molecule has 20 heavy (non-hydrogen) atoms. The molecule has 0 aliphatic carbocycles. The van der Waals surface area contributed by atoms with Crippen molar-refractivity contribution in [3.63, 3.8) is 0 Å². The summed E-state index contributed by atoms with van der Waals surface area (Å²) in [5, 5.41) is 1.61. The van der Waals surface area contributed by atoms with Crippen LogP contribution in [0.3, 0.4) is 0 Å². The third-order valence-electron chi connectivity index (χ3n) is 2.53. The molecule has 0 atom stereocenters. The molecule has 2 rings (SSSR count). The predicted octanol–water partition coefficient (Wildman–Crippen LogP) is 5.04. The van der Waals surface area contributed by atoms with Crippen LogP contribution in [-0.2, 0) is 4.84 Å². The fraction of sp³-hybridized carbons (Fsp3) is 0.143. The van der Waals surface area contributed by atoms with Gasteiger partial charge in [-0.15, -0.1) is 11.8 Å². The van der Waals surface area contributed by atoms with E-state index in [1.807, 2.05) is 42.5 Å². The molecule has 0 aromatic heterocycles. The molecule has 1 aromatic carbocycles. The van der Waals surface area contributed by atoms with Crippen LogP contribution in [0.15, 0.2) is 60.6 Å². The minimum Gasteiger partial charge on any atom is -0.359 e. The highest BCUT2D eigenvalue weighted by atomic mass is 80.0. The summed E-state index contributed by atoms with van der Waals surface area (Å²) in [6, 6.07) is 10.1. The van der Waals surface area contributed by atoms with Gasteiger partial charge >= 0.3 is 0 Å². The second-order valence-electron chi connectivity index (χ2n) is 4.06. The fourth-order valence-electron chi connectivity index (χ4n) is 1.63. The Morgan fingerprint density at radius 2 is 2.00 bits per heavy atom. The molecule has 0 amide bonds. The topological polar surface area (TPSA) is 24.5 Å². The third kappa shape index (κ3) is 4.14.